The Morgan fingerprint density at radius 3 is 2.61 bits per heavy atom. The Kier molecular flexibility index (Phi) is 6.49. The second-order valence-electron chi connectivity index (χ2n) is 4.65. The van der Waals surface area contributed by atoms with Crippen LogP contribution in [0.1, 0.15) is 32.1 Å². The van der Waals surface area contributed by atoms with Gasteiger partial charge in [0.2, 0.25) is 5.91 Å². The fourth-order valence-corrected chi connectivity index (χ4v) is 3.01. The molecule has 1 rings (SSSR count). The molecule has 0 radical (unpaired) electrons. The van der Waals surface area contributed by atoms with Gasteiger partial charge in [0, 0.05) is 12.9 Å². The lowest BCUT2D eigenvalue weighted by Gasteiger charge is -2.28. The van der Waals surface area contributed by atoms with E-state index in [0.717, 1.165) is 31.4 Å². The number of hydrogen-bond acceptors (Lipinski definition) is 4. The molecule has 0 aromatic heterocycles. The van der Waals surface area contributed by atoms with Crippen LogP contribution in [0.2, 0.25) is 0 Å². The molecule has 1 amide bonds. The van der Waals surface area contributed by atoms with E-state index < -0.39 is 11.5 Å². The molecule has 1 saturated carbocycles. The third-order valence-corrected chi connectivity index (χ3v) is 4.04. The maximum Gasteiger partial charge on any atom is 0.305 e. The van der Waals surface area contributed by atoms with Gasteiger partial charge < -0.3 is 15.2 Å². The molecule has 1 fully saturated rings. The first-order chi connectivity index (χ1) is 8.58. The monoisotopic (exact) mass is 275 g/mol. The minimum atomic E-state index is -0.843. The van der Waals surface area contributed by atoms with Gasteiger partial charge in [-0.05, 0) is 12.8 Å². The summed E-state index contributed by atoms with van der Waals surface area (Å²) in [5.41, 5.74) is -0.509. The summed E-state index contributed by atoms with van der Waals surface area (Å²) < 4.78 is 4.90. The van der Waals surface area contributed by atoms with Crippen LogP contribution in [0.15, 0.2) is 0 Å². The molecule has 5 nitrogen and oxygen atoms in total. The summed E-state index contributed by atoms with van der Waals surface area (Å²) in [6.07, 6.45) is 3.55. The summed E-state index contributed by atoms with van der Waals surface area (Å²) in [5, 5.41) is 11.8. The van der Waals surface area contributed by atoms with Crippen LogP contribution in [0.4, 0.5) is 0 Å². The van der Waals surface area contributed by atoms with Crippen molar-refractivity contribution in [3.63, 3.8) is 0 Å². The second kappa shape index (κ2) is 7.63. The van der Waals surface area contributed by atoms with Crippen LogP contribution in [0.3, 0.4) is 0 Å². The molecule has 0 aromatic carbocycles. The van der Waals surface area contributed by atoms with Crippen LogP contribution >= 0.6 is 11.8 Å². The number of nitrogens with one attached hydrogen (secondary N) is 1. The van der Waals surface area contributed by atoms with Crippen molar-refractivity contribution < 1.29 is 19.4 Å². The van der Waals surface area contributed by atoms with Gasteiger partial charge in [-0.25, -0.2) is 0 Å². The Balaban J connectivity index is 2.36. The van der Waals surface area contributed by atoms with Crippen molar-refractivity contribution in [1.29, 1.82) is 0 Å². The molecule has 0 unspecified atom stereocenters. The Hall–Kier alpha value is -0.750. The third-order valence-electron chi connectivity index (χ3n) is 3.12. The normalized spacial score (nSPS) is 17.6. The van der Waals surface area contributed by atoms with Crippen LogP contribution in [0, 0.1) is 0 Å². The first-order valence-electron chi connectivity index (χ1n) is 6.17. The lowest BCUT2D eigenvalue weighted by Crippen LogP contribution is -2.48. The zero-order chi connectivity index (χ0) is 13.4. The summed E-state index contributed by atoms with van der Waals surface area (Å²) in [6.45, 7) is 0.623. The maximum absolute atomic E-state index is 11.8. The molecule has 0 aliphatic heterocycles. The third kappa shape index (κ3) is 5.27. The van der Waals surface area contributed by atoms with E-state index in [0.29, 0.717) is 12.4 Å². The van der Waals surface area contributed by atoms with Crippen molar-refractivity contribution >= 4 is 23.6 Å². The van der Waals surface area contributed by atoms with E-state index >= 15 is 0 Å². The zero-order valence-electron chi connectivity index (χ0n) is 10.7. The fourth-order valence-electron chi connectivity index (χ4n) is 2.33. The SMILES string of the molecule is COCCSCC(=O)NC1(CC(=O)O)CCCC1. The molecule has 0 aromatic rings. The Morgan fingerprint density at radius 2 is 2.06 bits per heavy atom. The summed E-state index contributed by atoms with van der Waals surface area (Å²) in [4.78, 5) is 22.7. The molecule has 0 saturated heterocycles. The number of carbonyl (C=O) groups is 2. The first-order valence-corrected chi connectivity index (χ1v) is 7.33. The number of aliphatic carboxylic acids is 1. The molecule has 18 heavy (non-hydrogen) atoms. The van der Waals surface area contributed by atoms with Crippen LogP contribution in [-0.4, -0.2) is 47.7 Å². The number of amides is 1. The summed E-state index contributed by atoms with van der Waals surface area (Å²) >= 11 is 1.50. The average Bonchev–Trinajstić information content (AvgIpc) is 2.71. The van der Waals surface area contributed by atoms with Crippen LogP contribution < -0.4 is 5.32 Å². The lowest BCUT2D eigenvalue weighted by molar-refractivity contribution is -0.139. The highest BCUT2D eigenvalue weighted by Gasteiger charge is 2.37. The number of carboxylic acids is 1. The topological polar surface area (TPSA) is 75.6 Å². The molecular weight excluding hydrogens is 254 g/mol. The predicted octanol–water partition coefficient (Wildman–Crippen LogP) is 1.27. The van der Waals surface area contributed by atoms with Gasteiger partial charge >= 0.3 is 5.97 Å². The van der Waals surface area contributed by atoms with Gasteiger partial charge in [0.05, 0.1) is 24.3 Å². The summed E-state index contributed by atoms with van der Waals surface area (Å²) in [5.74, 6) is 0.226. The van der Waals surface area contributed by atoms with E-state index in [2.05, 4.69) is 5.32 Å². The van der Waals surface area contributed by atoms with E-state index in [9.17, 15) is 9.59 Å². The van der Waals surface area contributed by atoms with Crippen molar-refractivity contribution in [3.8, 4) is 0 Å². The van der Waals surface area contributed by atoms with Crippen LogP contribution in [0.5, 0.6) is 0 Å². The van der Waals surface area contributed by atoms with E-state index in [1.165, 1.54) is 11.8 Å². The van der Waals surface area contributed by atoms with Gasteiger partial charge in [-0.3, -0.25) is 9.59 Å². The number of carboxylic acid groups (broad SMARTS) is 1. The average molecular weight is 275 g/mol. The van der Waals surface area contributed by atoms with Gasteiger partial charge in [-0.15, -0.1) is 11.8 Å². The zero-order valence-corrected chi connectivity index (χ0v) is 11.6. The van der Waals surface area contributed by atoms with E-state index in [4.69, 9.17) is 9.84 Å². The molecule has 2 N–H and O–H groups in total. The highest BCUT2D eigenvalue weighted by Crippen LogP contribution is 2.32. The van der Waals surface area contributed by atoms with Crippen molar-refractivity contribution in [3.05, 3.63) is 0 Å². The van der Waals surface area contributed by atoms with Gasteiger partial charge in [-0.1, -0.05) is 12.8 Å². The first kappa shape index (κ1) is 15.3. The summed E-state index contributed by atoms with van der Waals surface area (Å²) in [6, 6.07) is 0. The van der Waals surface area contributed by atoms with Gasteiger partial charge in [-0.2, -0.15) is 0 Å². The molecule has 0 atom stereocenters. The van der Waals surface area contributed by atoms with E-state index in [1.54, 1.807) is 7.11 Å². The molecule has 0 spiro atoms. The highest BCUT2D eigenvalue weighted by atomic mass is 32.2. The molecule has 0 heterocycles. The van der Waals surface area contributed by atoms with Gasteiger partial charge in [0.25, 0.3) is 0 Å². The Morgan fingerprint density at radius 1 is 1.39 bits per heavy atom. The highest BCUT2D eigenvalue weighted by molar-refractivity contribution is 7.99. The number of hydrogen-bond donors (Lipinski definition) is 2. The smallest absolute Gasteiger partial charge is 0.305 e. The number of carbonyl (C=O) groups excluding carboxylic acids is 1. The predicted molar refractivity (Wildman–Crippen MR) is 70.8 cm³/mol. The standard InChI is InChI=1S/C12H21NO4S/c1-17-6-7-18-9-10(14)13-12(8-11(15)16)4-2-3-5-12/h2-9H2,1H3,(H,13,14)(H,15,16). The van der Waals surface area contributed by atoms with Crippen LogP contribution in [0.25, 0.3) is 0 Å². The molecule has 1 aliphatic rings. The molecule has 104 valence electrons. The minimum Gasteiger partial charge on any atom is -0.481 e. The molecule has 0 bridgehead atoms. The summed E-state index contributed by atoms with van der Waals surface area (Å²) in [7, 11) is 1.63. The number of methoxy groups -OCH3 is 1. The second-order valence-corrected chi connectivity index (χ2v) is 5.76. The Bertz CT molecular complexity index is 290. The largest absolute Gasteiger partial charge is 0.481 e. The van der Waals surface area contributed by atoms with E-state index in [-0.39, 0.29) is 12.3 Å². The fraction of sp³-hybridized carbons (Fsp3) is 0.833. The minimum absolute atomic E-state index is 0.0292. The van der Waals surface area contributed by atoms with Crippen molar-refractivity contribution in [2.24, 2.45) is 0 Å². The van der Waals surface area contributed by atoms with Gasteiger partial charge in [0.1, 0.15) is 0 Å². The number of thioether (sulfide) groups is 1. The van der Waals surface area contributed by atoms with E-state index in [1.807, 2.05) is 0 Å². The molecule has 1 aliphatic carbocycles. The van der Waals surface area contributed by atoms with Crippen LogP contribution in [-0.2, 0) is 14.3 Å². The maximum atomic E-state index is 11.8. The molecule has 6 heteroatoms. The number of rotatable bonds is 8. The Labute approximate surface area is 112 Å². The lowest BCUT2D eigenvalue weighted by atomic mass is 9.93. The molecular formula is C12H21NO4S. The van der Waals surface area contributed by atoms with Crippen molar-refractivity contribution in [2.45, 2.75) is 37.6 Å². The quantitative estimate of drug-likeness (QED) is 0.652. The van der Waals surface area contributed by atoms with Crippen molar-refractivity contribution in [1.82, 2.24) is 5.32 Å². The van der Waals surface area contributed by atoms with Gasteiger partial charge in [0.15, 0.2) is 0 Å². The van der Waals surface area contributed by atoms with Crippen molar-refractivity contribution in [2.75, 3.05) is 25.2 Å². The number of ether oxygens (including phenoxy) is 1.